The molecule has 1 saturated heterocycles. The number of hydrogen-bond donors (Lipinski definition) is 1. The standard InChI is InChI=1S/C14H21N3O/c1-2-12-3-4-13(14(12)16-5-1)15-6-7-17-8-10-18-11-9-17/h1-2,5,13,15H,3-4,6-11H2. The number of ether oxygens (including phenoxy) is 1. The minimum atomic E-state index is 0.460. The molecular weight excluding hydrogens is 226 g/mol. The maximum atomic E-state index is 5.35. The molecule has 1 aliphatic carbocycles. The van der Waals surface area contributed by atoms with E-state index in [0.29, 0.717) is 6.04 Å². The maximum absolute atomic E-state index is 5.35. The summed E-state index contributed by atoms with van der Waals surface area (Å²) in [6, 6.07) is 4.70. The van der Waals surface area contributed by atoms with Crippen molar-refractivity contribution in [3.63, 3.8) is 0 Å². The van der Waals surface area contributed by atoms with Crippen LogP contribution < -0.4 is 5.32 Å². The summed E-state index contributed by atoms with van der Waals surface area (Å²) in [5, 5.41) is 3.64. The largest absolute Gasteiger partial charge is 0.379 e. The SMILES string of the molecule is c1cnc2c(c1)CCC2NCCN1CCOCC1. The molecule has 0 amide bonds. The van der Waals surface area contributed by atoms with E-state index in [2.05, 4.69) is 21.3 Å². The van der Waals surface area contributed by atoms with Crippen LogP contribution in [0.2, 0.25) is 0 Å². The Kier molecular flexibility index (Phi) is 3.88. The van der Waals surface area contributed by atoms with Crippen molar-refractivity contribution in [1.82, 2.24) is 15.2 Å². The number of pyridine rings is 1. The van der Waals surface area contributed by atoms with Crippen molar-refractivity contribution >= 4 is 0 Å². The molecular formula is C14H21N3O. The number of aryl methyl sites for hydroxylation is 1. The summed E-state index contributed by atoms with van der Waals surface area (Å²) in [5.41, 5.74) is 2.68. The van der Waals surface area contributed by atoms with Gasteiger partial charge in [0.2, 0.25) is 0 Å². The lowest BCUT2D eigenvalue weighted by Gasteiger charge is -2.27. The number of fused-ring (bicyclic) bond motifs is 1. The van der Waals surface area contributed by atoms with Gasteiger partial charge < -0.3 is 10.1 Å². The molecule has 1 N–H and O–H groups in total. The van der Waals surface area contributed by atoms with Crippen LogP contribution in [-0.2, 0) is 11.2 Å². The highest BCUT2D eigenvalue weighted by Crippen LogP contribution is 2.28. The van der Waals surface area contributed by atoms with E-state index in [9.17, 15) is 0 Å². The summed E-state index contributed by atoms with van der Waals surface area (Å²) < 4.78 is 5.35. The quantitative estimate of drug-likeness (QED) is 0.861. The number of aromatic nitrogens is 1. The van der Waals surface area contributed by atoms with Crippen LogP contribution in [-0.4, -0.2) is 49.3 Å². The molecule has 1 aromatic heterocycles. The zero-order valence-electron chi connectivity index (χ0n) is 10.8. The molecule has 98 valence electrons. The van der Waals surface area contributed by atoms with Gasteiger partial charge in [-0.3, -0.25) is 9.88 Å². The van der Waals surface area contributed by atoms with E-state index >= 15 is 0 Å². The first-order chi connectivity index (χ1) is 8.93. The van der Waals surface area contributed by atoms with Crippen LogP contribution in [0, 0.1) is 0 Å². The van der Waals surface area contributed by atoms with Gasteiger partial charge in [-0.15, -0.1) is 0 Å². The van der Waals surface area contributed by atoms with Crippen molar-refractivity contribution in [2.75, 3.05) is 39.4 Å². The molecule has 1 aliphatic heterocycles. The minimum absolute atomic E-state index is 0.460. The highest BCUT2D eigenvalue weighted by molar-refractivity contribution is 5.27. The summed E-state index contributed by atoms with van der Waals surface area (Å²) in [6.07, 6.45) is 4.26. The average molecular weight is 247 g/mol. The van der Waals surface area contributed by atoms with Crippen LogP contribution in [0.15, 0.2) is 18.3 Å². The Morgan fingerprint density at radius 2 is 2.28 bits per heavy atom. The van der Waals surface area contributed by atoms with Gasteiger partial charge in [-0.2, -0.15) is 0 Å². The molecule has 1 fully saturated rings. The highest BCUT2D eigenvalue weighted by Gasteiger charge is 2.22. The van der Waals surface area contributed by atoms with Crippen LogP contribution >= 0.6 is 0 Å². The molecule has 0 saturated carbocycles. The summed E-state index contributed by atoms with van der Waals surface area (Å²) >= 11 is 0. The van der Waals surface area contributed by atoms with Crippen LogP contribution in [0.3, 0.4) is 0 Å². The normalized spacial score (nSPS) is 24.1. The molecule has 1 unspecified atom stereocenters. The molecule has 1 atom stereocenters. The van der Waals surface area contributed by atoms with Crippen LogP contribution in [0.1, 0.15) is 23.7 Å². The Labute approximate surface area is 108 Å². The topological polar surface area (TPSA) is 37.4 Å². The van der Waals surface area contributed by atoms with E-state index < -0.39 is 0 Å². The lowest BCUT2D eigenvalue weighted by molar-refractivity contribution is 0.0381. The van der Waals surface area contributed by atoms with Crippen molar-refractivity contribution in [2.45, 2.75) is 18.9 Å². The van der Waals surface area contributed by atoms with E-state index in [1.54, 1.807) is 0 Å². The van der Waals surface area contributed by atoms with Gasteiger partial charge in [0.25, 0.3) is 0 Å². The second kappa shape index (κ2) is 5.78. The Balaban J connectivity index is 1.47. The van der Waals surface area contributed by atoms with Crippen LogP contribution in [0.5, 0.6) is 0 Å². The van der Waals surface area contributed by atoms with Crippen molar-refractivity contribution in [3.8, 4) is 0 Å². The summed E-state index contributed by atoms with van der Waals surface area (Å²) in [7, 11) is 0. The Morgan fingerprint density at radius 1 is 1.39 bits per heavy atom. The van der Waals surface area contributed by atoms with Gasteiger partial charge in [0.05, 0.1) is 24.9 Å². The molecule has 0 bridgehead atoms. The van der Waals surface area contributed by atoms with Gasteiger partial charge in [0, 0.05) is 32.4 Å². The van der Waals surface area contributed by atoms with Crippen LogP contribution in [0.4, 0.5) is 0 Å². The van der Waals surface area contributed by atoms with Gasteiger partial charge in [-0.1, -0.05) is 6.07 Å². The Bertz CT molecular complexity index is 390. The number of hydrogen-bond acceptors (Lipinski definition) is 4. The van der Waals surface area contributed by atoms with E-state index in [0.717, 1.165) is 39.4 Å². The molecule has 4 heteroatoms. The highest BCUT2D eigenvalue weighted by atomic mass is 16.5. The zero-order valence-corrected chi connectivity index (χ0v) is 10.8. The molecule has 18 heavy (non-hydrogen) atoms. The zero-order chi connectivity index (χ0) is 12.2. The number of nitrogens with zero attached hydrogens (tertiary/aromatic N) is 2. The molecule has 3 rings (SSSR count). The molecule has 0 spiro atoms. The molecule has 2 aliphatic rings. The predicted molar refractivity (Wildman–Crippen MR) is 70.6 cm³/mol. The lowest BCUT2D eigenvalue weighted by Crippen LogP contribution is -2.40. The summed E-state index contributed by atoms with van der Waals surface area (Å²) in [6.45, 7) is 6.06. The van der Waals surface area contributed by atoms with Gasteiger partial charge in [-0.25, -0.2) is 0 Å². The molecule has 1 aromatic rings. The minimum Gasteiger partial charge on any atom is -0.379 e. The number of nitrogens with one attached hydrogen (secondary N) is 1. The van der Waals surface area contributed by atoms with Crippen molar-refractivity contribution in [3.05, 3.63) is 29.6 Å². The smallest absolute Gasteiger partial charge is 0.0605 e. The first kappa shape index (κ1) is 12.1. The van der Waals surface area contributed by atoms with E-state index in [4.69, 9.17) is 4.74 Å². The van der Waals surface area contributed by atoms with Crippen molar-refractivity contribution < 1.29 is 4.74 Å². The Hall–Kier alpha value is -0.970. The maximum Gasteiger partial charge on any atom is 0.0605 e. The van der Waals surface area contributed by atoms with Gasteiger partial charge in [-0.05, 0) is 24.5 Å². The molecule has 2 heterocycles. The monoisotopic (exact) mass is 247 g/mol. The second-order valence-electron chi connectivity index (χ2n) is 5.05. The molecule has 4 nitrogen and oxygen atoms in total. The van der Waals surface area contributed by atoms with Gasteiger partial charge in [0.15, 0.2) is 0 Å². The van der Waals surface area contributed by atoms with E-state index in [-0.39, 0.29) is 0 Å². The number of rotatable bonds is 4. The van der Waals surface area contributed by atoms with Crippen molar-refractivity contribution in [2.24, 2.45) is 0 Å². The fourth-order valence-corrected chi connectivity index (χ4v) is 2.83. The number of morpholine rings is 1. The van der Waals surface area contributed by atoms with E-state index in [1.807, 2.05) is 12.3 Å². The molecule has 0 radical (unpaired) electrons. The predicted octanol–water partition coefficient (Wildman–Crippen LogP) is 0.991. The lowest BCUT2D eigenvalue weighted by atomic mass is 10.2. The third-order valence-corrected chi connectivity index (χ3v) is 3.88. The Morgan fingerprint density at radius 3 is 3.17 bits per heavy atom. The fraction of sp³-hybridized carbons (Fsp3) is 0.643. The summed E-state index contributed by atoms with van der Waals surface area (Å²) in [5.74, 6) is 0. The average Bonchev–Trinajstić information content (AvgIpc) is 2.84. The molecule has 0 aromatic carbocycles. The summed E-state index contributed by atoms with van der Waals surface area (Å²) in [4.78, 5) is 6.97. The van der Waals surface area contributed by atoms with Gasteiger partial charge >= 0.3 is 0 Å². The first-order valence-electron chi connectivity index (χ1n) is 6.91. The van der Waals surface area contributed by atoms with E-state index in [1.165, 1.54) is 24.1 Å². The third-order valence-electron chi connectivity index (χ3n) is 3.88. The van der Waals surface area contributed by atoms with Gasteiger partial charge in [0.1, 0.15) is 0 Å². The van der Waals surface area contributed by atoms with Crippen LogP contribution in [0.25, 0.3) is 0 Å². The third kappa shape index (κ3) is 2.71. The fourth-order valence-electron chi connectivity index (χ4n) is 2.83. The van der Waals surface area contributed by atoms with Crippen molar-refractivity contribution in [1.29, 1.82) is 0 Å². The first-order valence-corrected chi connectivity index (χ1v) is 6.91. The second-order valence-corrected chi connectivity index (χ2v) is 5.05.